The molecule has 0 N–H and O–H groups in total. The van der Waals surface area contributed by atoms with Crippen LogP contribution in [0.2, 0.25) is 5.15 Å². The van der Waals surface area contributed by atoms with E-state index >= 15 is 0 Å². The number of rotatable bonds is 4. The molecule has 0 bridgehead atoms. The molecule has 0 fully saturated rings. The minimum absolute atomic E-state index is 0.0552. The van der Waals surface area contributed by atoms with Gasteiger partial charge in [-0.1, -0.05) is 23.7 Å². The molecule has 2 rings (SSSR count). The van der Waals surface area contributed by atoms with Crippen LogP contribution in [0.3, 0.4) is 0 Å². The Morgan fingerprint density at radius 3 is 2.83 bits per heavy atom. The average molecular weight is 330 g/mol. The van der Waals surface area contributed by atoms with Crippen molar-refractivity contribution < 1.29 is 4.92 Å². The number of hydrazone groups is 1. The van der Waals surface area contributed by atoms with Gasteiger partial charge in [-0.15, -0.1) is 0 Å². The van der Waals surface area contributed by atoms with E-state index in [1.165, 1.54) is 17.3 Å². The molecule has 0 aliphatic rings. The van der Waals surface area contributed by atoms with Gasteiger partial charge in [0.15, 0.2) is 5.82 Å². The molecule has 1 aromatic heterocycles. The van der Waals surface area contributed by atoms with Crippen molar-refractivity contribution in [3.63, 3.8) is 0 Å². The molecular formula is C15H12ClN5O2. The number of hydrogen-bond donors (Lipinski definition) is 0. The van der Waals surface area contributed by atoms with Gasteiger partial charge in [0.2, 0.25) is 0 Å². The summed E-state index contributed by atoms with van der Waals surface area (Å²) in [6.45, 7) is 1.75. The Hall–Kier alpha value is -2.98. The fourth-order valence-electron chi connectivity index (χ4n) is 1.96. The number of para-hydroxylation sites is 1. The minimum atomic E-state index is -0.482. The van der Waals surface area contributed by atoms with Crippen LogP contribution in [-0.4, -0.2) is 23.2 Å². The number of anilines is 1. The molecule has 7 nitrogen and oxygen atoms in total. The van der Waals surface area contributed by atoms with Gasteiger partial charge in [0, 0.05) is 13.1 Å². The Kier molecular flexibility index (Phi) is 4.88. The highest BCUT2D eigenvalue weighted by Crippen LogP contribution is 2.23. The van der Waals surface area contributed by atoms with E-state index in [2.05, 4.69) is 16.2 Å². The molecule has 0 spiro atoms. The van der Waals surface area contributed by atoms with Crippen LogP contribution in [0.15, 0.2) is 35.4 Å². The maximum Gasteiger partial charge on any atom is 0.278 e. The van der Waals surface area contributed by atoms with Gasteiger partial charge in [0.05, 0.1) is 22.3 Å². The highest BCUT2D eigenvalue weighted by Gasteiger charge is 2.14. The zero-order valence-electron chi connectivity index (χ0n) is 12.4. The number of aromatic nitrogens is 1. The summed E-state index contributed by atoms with van der Waals surface area (Å²) < 4.78 is 0. The van der Waals surface area contributed by atoms with Crippen molar-refractivity contribution in [3.8, 4) is 6.07 Å². The molecule has 0 radical (unpaired) electrons. The quantitative estimate of drug-likeness (QED) is 0.371. The Labute approximate surface area is 137 Å². The predicted octanol–water partition coefficient (Wildman–Crippen LogP) is 3.29. The first-order valence-electron chi connectivity index (χ1n) is 6.52. The van der Waals surface area contributed by atoms with Gasteiger partial charge in [-0.2, -0.15) is 10.4 Å². The lowest BCUT2D eigenvalue weighted by atomic mass is 10.1. The zero-order valence-corrected chi connectivity index (χ0v) is 13.2. The van der Waals surface area contributed by atoms with E-state index < -0.39 is 4.92 Å². The number of halogens is 1. The van der Waals surface area contributed by atoms with E-state index in [0.29, 0.717) is 16.7 Å². The number of nitrogens with zero attached hydrogens (tertiary/aromatic N) is 5. The van der Waals surface area contributed by atoms with Crippen molar-refractivity contribution in [2.45, 2.75) is 6.92 Å². The summed E-state index contributed by atoms with van der Waals surface area (Å²) in [5.74, 6) is 0.285. The van der Waals surface area contributed by atoms with E-state index in [1.54, 1.807) is 38.2 Å². The fourth-order valence-corrected chi connectivity index (χ4v) is 2.20. The molecule has 1 heterocycles. The molecule has 1 aromatic carbocycles. The van der Waals surface area contributed by atoms with E-state index in [0.717, 1.165) is 0 Å². The Balaban J connectivity index is 2.39. The molecule has 2 aromatic rings. The van der Waals surface area contributed by atoms with E-state index in [-0.39, 0.29) is 16.7 Å². The first-order valence-corrected chi connectivity index (χ1v) is 6.90. The summed E-state index contributed by atoms with van der Waals surface area (Å²) in [5, 5.41) is 25.9. The predicted molar refractivity (Wildman–Crippen MR) is 87.8 cm³/mol. The third kappa shape index (κ3) is 3.62. The molecule has 116 valence electrons. The van der Waals surface area contributed by atoms with Crippen molar-refractivity contribution in [2.24, 2.45) is 5.10 Å². The molecule has 0 aliphatic heterocycles. The second-order valence-electron chi connectivity index (χ2n) is 4.66. The van der Waals surface area contributed by atoms with Gasteiger partial charge in [0.1, 0.15) is 11.2 Å². The molecule has 0 amide bonds. The number of pyridine rings is 1. The third-order valence-electron chi connectivity index (χ3n) is 3.09. The molecule has 0 saturated heterocycles. The van der Waals surface area contributed by atoms with Gasteiger partial charge in [0.25, 0.3) is 5.69 Å². The van der Waals surface area contributed by atoms with Crippen LogP contribution in [0, 0.1) is 28.4 Å². The van der Waals surface area contributed by atoms with Gasteiger partial charge in [-0.05, 0) is 24.6 Å². The summed E-state index contributed by atoms with van der Waals surface area (Å²) in [6, 6.07) is 9.87. The van der Waals surface area contributed by atoms with Crippen LogP contribution < -0.4 is 5.01 Å². The zero-order chi connectivity index (χ0) is 17.0. The summed E-state index contributed by atoms with van der Waals surface area (Å²) in [6.07, 6.45) is 1.34. The van der Waals surface area contributed by atoms with Crippen LogP contribution in [0.4, 0.5) is 11.5 Å². The van der Waals surface area contributed by atoms with Crippen LogP contribution >= 0.6 is 11.6 Å². The molecule has 0 aliphatic carbocycles. The summed E-state index contributed by atoms with van der Waals surface area (Å²) in [5.41, 5.74) is 1.31. The van der Waals surface area contributed by atoms with Crippen LogP contribution in [0.5, 0.6) is 0 Å². The second kappa shape index (κ2) is 6.85. The van der Waals surface area contributed by atoms with Crippen molar-refractivity contribution in [1.82, 2.24) is 4.98 Å². The number of hydrogen-bond acceptors (Lipinski definition) is 6. The van der Waals surface area contributed by atoms with E-state index in [1.807, 2.05) is 0 Å². The standard InChI is InChI=1S/C15H12ClN5O2/c1-10-7-14(16)19-15(12(10)8-17)20(2)18-9-11-5-3-4-6-13(11)21(22)23/h3-7,9H,1-2H3/b18-9+. The molecule has 0 atom stereocenters. The van der Waals surface area contributed by atoms with Gasteiger partial charge < -0.3 is 0 Å². The number of aryl methyl sites for hydroxylation is 1. The molecule has 23 heavy (non-hydrogen) atoms. The summed E-state index contributed by atoms with van der Waals surface area (Å²) in [4.78, 5) is 14.6. The van der Waals surface area contributed by atoms with Gasteiger partial charge in [-0.25, -0.2) is 9.99 Å². The van der Waals surface area contributed by atoms with Crippen molar-refractivity contribution >= 4 is 29.3 Å². The Morgan fingerprint density at radius 2 is 2.17 bits per heavy atom. The molecular weight excluding hydrogens is 318 g/mol. The van der Waals surface area contributed by atoms with Crippen LogP contribution in [0.1, 0.15) is 16.7 Å². The Bertz CT molecular complexity index is 829. The largest absolute Gasteiger partial charge is 0.278 e. The SMILES string of the molecule is Cc1cc(Cl)nc(N(C)/N=C/c2ccccc2[N+](=O)[O-])c1C#N. The van der Waals surface area contributed by atoms with Crippen LogP contribution in [-0.2, 0) is 0 Å². The summed E-state index contributed by atoms with van der Waals surface area (Å²) in [7, 11) is 1.59. The minimum Gasteiger partial charge on any atom is -0.258 e. The van der Waals surface area contributed by atoms with Crippen molar-refractivity contribution in [2.75, 3.05) is 12.1 Å². The first-order chi connectivity index (χ1) is 10.9. The monoisotopic (exact) mass is 329 g/mol. The maximum atomic E-state index is 11.0. The number of nitro groups is 1. The first kappa shape index (κ1) is 16.4. The van der Waals surface area contributed by atoms with Gasteiger partial charge in [-0.3, -0.25) is 10.1 Å². The van der Waals surface area contributed by atoms with Crippen LogP contribution in [0.25, 0.3) is 0 Å². The fraction of sp³-hybridized carbons (Fsp3) is 0.133. The number of benzene rings is 1. The van der Waals surface area contributed by atoms with Crippen molar-refractivity contribution in [3.05, 3.63) is 62.3 Å². The lowest BCUT2D eigenvalue weighted by Gasteiger charge is -2.14. The highest BCUT2D eigenvalue weighted by atomic mass is 35.5. The molecule has 8 heteroatoms. The number of nitro benzene ring substituents is 1. The maximum absolute atomic E-state index is 11.0. The lowest BCUT2D eigenvalue weighted by molar-refractivity contribution is -0.385. The topological polar surface area (TPSA) is 95.4 Å². The van der Waals surface area contributed by atoms with E-state index in [9.17, 15) is 15.4 Å². The average Bonchev–Trinajstić information content (AvgIpc) is 2.52. The highest BCUT2D eigenvalue weighted by molar-refractivity contribution is 6.29. The molecule has 0 unspecified atom stereocenters. The second-order valence-corrected chi connectivity index (χ2v) is 5.04. The lowest BCUT2D eigenvalue weighted by Crippen LogP contribution is -2.13. The molecule has 0 saturated carbocycles. The summed E-state index contributed by atoms with van der Waals surface area (Å²) >= 11 is 5.92. The van der Waals surface area contributed by atoms with Crippen molar-refractivity contribution in [1.29, 1.82) is 5.26 Å². The van der Waals surface area contributed by atoms with E-state index in [4.69, 9.17) is 11.6 Å². The Morgan fingerprint density at radius 1 is 1.48 bits per heavy atom. The normalized spacial score (nSPS) is 10.5. The number of nitriles is 1. The smallest absolute Gasteiger partial charge is 0.258 e. The van der Waals surface area contributed by atoms with Gasteiger partial charge >= 0.3 is 0 Å². The third-order valence-corrected chi connectivity index (χ3v) is 3.28.